The lowest BCUT2D eigenvalue weighted by Gasteiger charge is -2.31. The minimum absolute atomic E-state index is 0.0961. The highest BCUT2D eigenvalue weighted by Crippen LogP contribution is 2.07. The van der Waals surface area contributed by atoms with Crippen LogP contribution < -0.4 is 5.43 Å². The normalized spacial score (nSPS) is 32.0. The summed E-state index contributed by atoms with van der Waals surface area (Å²) in [6, 6.07) is 0.0961. The minimum atomic E-state index is -2.76. The van der Waals surface area contributed by atoms with Crippen molar-refractivity contribution in [3.8, 4) is 0 Å². The van der Waals surface area contributed by atoms with E-state index in [0.717, 1.165) is 0 Å². The molecule has 1 heterocycles. The summed E-state index contributed by atoms with van der Waals surface area (Å²) >= 11 is 0. The third-order valence-corrected chi connectivity index (χ3v) is 3.75. The van der Waals surface area contributed by atoms with Crippen molar-refractivity contribution in [3.63, 3.8) is 0 Å². The third-order valence-electron chi connectivity index (χ3n) is 1.96. The fourth-order valence-corrected chi connectivity index (χ4v) is 2.89. The van der Waals surface area contributed by atoms with E-state index in [1.807, 2.05) is 19.0 Å². The van der Waals surface area contributed by atoms with Gasteiger partial charge in [-0.15, -0.1) is 0 Å². The summed E-state index contributed by atoms with van der Waals surface area (Å²) in [4.78, 5) is 0. The van der Waals surface area contributed by atoms with Gasteiger partial charge in [0, 0.05) is 12.6 Å². The first-order valence-corrected chi connectivity index (χ1v) is 5.52. The predicted octanol–water partition coefficient (Wildman–Crippen LogP) is -0.760. The summed E-state index contributed by atoms with van der Waals surface area (Å²) in [5.74, 6) is 0.548. The van der Waals surface area contributed by atoms with E-state index in [4.69, 9.17) is 0 Å². The van der Waals surface area contributed by atoms with E-state index in [-0.39, 0.29) is 17.5 Å². The van der Waals surface area contributed by atoms with Crippen molar-refractivity contribution in [2.45, 2.75) is 13.0 Å². The van der Waals surface area contributed by atoms with Gasteiger partial charge in [-0.2, -0.15) is 0 Å². The van der Waals surface area contributed by atoms with Crippen LogP contribution in [0.25, 0.3) is 0 Å². The summed E-state index contributed by atoms with van der Waals surface area (Å²) in [6.45, 7) is 2.51. The van der Waals surface area contributed by atoms with Crippen LogP contribution in [-0.4, -0.2) is 44.6 Å². The fourth-order valence-electron chi connectivity index (χ4n) is 1.33. The van der Waals surface area contributed by atoms with Crippen molar-refractivity contribution in [2.24, 2.45) is 0 Å². The van der Waals surface area contributed by atoms with Crippen LogP contribution in [0, 0.1) is 0 Å². The molecule has 5 heteroatoms. The van der Waals surface area contributed by atoms with Crippen LogP contribution in [0.4, 0.5) is 0 Å². The molecule has 0 aromatic rings. The topological polar surface area (TPSA) is 49.4 Å². The van der Waals surface area contributed by atoms with Gasteiger partial charge in [0.2, 0.25) is 0 Å². The lowest BCUT2D eigenvalue weighted by molar-refractivity contribution is 0.165. The van der Waals surface area contributed by atoms with Crippen molar-refractivity contribution in [1.82, 2.24) is 10.4 Å². The highest BCUT2D eigenvalue weighted by molar-refractivity contribution is 7.91. The SMILES string of the molecule is CNN1CCS(=O)(=O)CC1C. The van der Waals surface area contributed by atoms with E-state index in [1.54, 1.807) is 0 Å². The quantitative estimate of drug-likeness (QED) is 0.573. The van der Waals surface area contributed by atoms with Crippen molar-refractivity contribution >= 4 is 9.84 Å². The first-order valence-electron chi connectivity index (χ1n) is 3.69. The molecule has 4 nitrogen and oxygen atoms in total. The Labute approximate surface area is 67.5 Å². The zero-order valence-corrected chi connectivity index (χ0v) is 7.69. The van der Waals surface area contributed by atoms with Gasteiger partial charge >= 0.3 is 0 Å². The molecule has 0 aromatic carbocycles. The van der Waals surface area contributed by atoms with Crippen LogP contribution >= 0.6 is 0 Å². The molecule has 0 spiro atoms. The number of hydrogen-bond donors (Lipinski definition) is 1. The molecule has 0 bridgehead atoms. The molecule has 1 aliphatic rings. The van der Waals surface area contributed by atoms with Crippen molar-refractivity contribution < 1.29 is 8.42 Å². The van der Waals surface area contributed by atoms with Gasteiger partial charge in [-0.1, -0.05) is 0 Å². The Balaban J connectivity index is 2.62. The Morgan fingerprint density at radius 3 is 2.64 bits per heavy atom. The lowest BCUT2D eigenvalue weighted by atomic mass is 10.4. The molecule has 0 saturated carbocycles. The number of nitrogens with one attached hydrogen (secondary N) is 1. The molecular formula is C6H14N2O2S. The predicted molar refractivity (Wildman–Crippen MR) is 43.9 cm³/mol. The van der Waals surface area contributed by atoms with Crippen LogP contribution in [0.5, 0.6) is 0 Å². The van der Waals surface area contributed by atoms with E-state index in [9.17, 15) is 8.42 Å². The molecule has 0 radical (unpaired) electrons. The molecule has 0 aliphatic carbocycles. The molecule has 0 amide bonds. The zero-order valence-electron chi connectivity index (χ0n) is 6.87. The molecule has 0 aromatic heterocycles. The van der Waals surface area contributed by atoms with Gasteiger partial charge in [0.15, 0.2) is 9.84 Å². The highest BCUT2D eigenvalue weighted by Gasteiger charge is 2.26. The van der Waals surface area contributed by atoms with Crippen LogP contribution in [0.1, 0.15) is 6.92 Å². The van der Waals surface area contributed by atoms with Crippen molar-refractivity contribution in [2.75, 3.05) is 25.1 Å². The Kier molecular flexibility index (Phi) is 2.51. The van der Waals surface area contributed by atoms with Gasteiger partial charge in [-0.05, 0) is 14.0 Å². The number of hydrogen-bond acceptors (Lipinski definition) is 4. The second kappa shape index (κ2) is 3.08. The largest absolute Gasteiger partial charge is 0.258 e. The molecular weight excluding hydrogens is 164 g/mol. The van der Waals surface area contributed by atoms with E-state index in [1.165, 1.54) is 0 Å². The molecule has 1 atom stereocenters. The molecule has 1 saturated heterocycles. The first kappa shape index (κ1) is 8.96. The van der Waals surface area contributed by atoms with Gasteiger partial charge in [0.1, 0.15) is 0 Å². The Bertz CT molecular complexity index is 225. The van der Waals surface area contributed by atoms with E-state index < -0.39 is 9.84 Å². The first-order chi connectivity index (χ1) is 5.05. The maximum atomic E-state index is 11.1. The van der Waals surface area contributed by atoms with Gasteiger partial charge < -0.3 is 0 Å². The van der Waals surface area contributed by atoms with Crippen LogP contribution in [0.3, 0.4) is 0 Å². The standard InChI is InChI=1S/C6H14N2O2S/c1-6-5-11(9,10)4-3-8(6)7-2/h6-7H,3-5H2,1-2H3. The zero-order chi connectivity index (χ0) is 8.48. The number of sulfone groups is 1. The number of nitrogens with zero attached hydrogens (tertiary/aromatic N) is 1. The maximum Gasteiger partial charge on any atom is 0.153 e. The average Bonchev–Trinajstić information content (AvgIpc) is 1.86. The Hall–Kier alpha value is -0.130. The fraction of sp³-hybridized carbons (Fsp3) is 1.00. The van der Waals surface area contributed by atoms with Crippen molar-refractivity contribution in [1.29, 1.82) is 0 Å². The van der Waals surface area contributed by atoms with Gasteiger partial charge in [0.05, 0.1) is 11.5 Å². The summed E-state index contributed by atoms with van der Waals surface area (Å²) in [7, 11) is -0.943. The number of hydrazine groups is 1. The molecule has 1 fully saturated rings. The molecule has 66 valence electrons. The monoisotopic (exact) mass is 178 g/mol. The summed E-state index contributed by atoms with van der Waals surface area (Å²) in [6.07, 6.45) is 0. The summed E-state index contributed by atoms with van der Waals surface area (Å²) < 4.78 is 22.1. The smallest absolute Gasteiger partial charge is 0.153 e. The second-order valence-electron chi connectivity index (χ2n) is 2.88. The second-order valence-corrected chi connectivity index (χ2v) is 5.11. The van der Waals surface area contributed by atoms with E-state index in [2.05, 4.69) is 5.43 Å². The third kappa shape index (κ3) is 2.15. The maximum absolute atomic E-state index is 11.1. The molecule has 1 N–H and O–H groups in total. The molecule has 1 rings (SSSR count). The highest BCUT2D eigenvalue weighted by atomic mass is 32.2. The van der Waals surface area contributed by atoms with Crippen molar-refractivity contribution in [3.05, 3.63) is 0 Å². The molecule has 1 aliphatic heterocycles. The summed E-state index contributed by atoms with van der Waals surface area (Å²) in [5.41, 5.74) is 2.96. The molecule has 11 heavy (non-hydrogen) atoms. The lowest BCUT2D eigenvalue weighted by Crippen LogP contribution is -2.52. The Morgan fingerprint density at radius 2 is 2.18 bits per heavy atom. The van der Waals surface area contributed by atoms with Crippen LogP contribution in [-0.2, 0) is 9.84 Å². The van der Waals surface area contributed by atoms with E-state index >= 15 is 0 Å². The number of rotatable bonds is 1. The van der Waals surface area contributed by atoms with Gasteiger partial charge in [-0.3, -0.25) is 5.43 Å². The van der Waals surface area contributed by atoms with Gasteiger partial charge in [-0.25, -0.2) is 13.4 Å². The average molecular weight is 178 g/mol. The van der Waals surface area contributed by atoms with Gasteiger partial charge in [0.25, 0.3) is 0 Å². The summed E-state index contributed by atoms with van der Waals surface area (Å²) in [5, 5.41) is 1.95. The van der Waals surface area contributed by atoms with Crippen LogP contribution in [0.15, 0.2) is 0 Å². The Morgan fingerprint density at radius 1 is 1.55 bits per heavy atom. The minimum Gasteiger partial charge on any atom is -0.258 e. The van der Waals surface area contributed by atoms with Crippen LogP contribution in [0.2, 0.25) is 0 Å². The molecule has 1 unspecified atom stereocenters. The van der Waals surface area contributed by atoms with E-state index in [0.29, 0.717) is 6.54 Å².